The fourth-order valence-corrected chi connectivity index (χ4v) is 2.20. The molecule has 0 heterocycles. The molecular weight excluding hydrogens is 479 g/mol. The summed E-state index contributed by atoms with van der Waals surface area (Å²) in [5, 5.41) is 3.05. The molecule has 33 heavy (non-hydrogen) atoms. The molecule has 0 aliphatic rings. The van der Waals surface area contributed by atoms with E-state index >= 15 is 0 Å². The molecule has 0 bridgehead atoms. The summed E-state index contributed by atoms with van der Waals surface area (Å²) in [6.07, 6.45) is -9.63. The topological polar surface area (TPSA) is 76.7 Å². The van der Waals surface area contributed by atoms with Gasteiger partial charge < -0.3 is 14.8 Å². The Kier molecular flexibility index (Phi) is 7.66. The SMILES string of the molecule is O=C(NC(=O)c1cc(OCC(F)(F)F)ccc1OCC(F)(F)F)Nc1c(F)cc(F)cc1F. The van der Waals surface area contributed by atoms with Gasteiger partial charge >= 0.3 is 18.4 Å². The normalized spacial score (nSPS) is 11.7. The highest BCUT2D eigenvalue weighted by Gasteiger charge is 2.31. The second-order valence-electron chi connectivity index (χ2n) is 6.12. The summed E-state index contributed by atoms with van der Waals surface area (Å²) in [5.74, 6) is -7.35. The summed E-state index contributed by atoms with van der Waals surface area (Å²) in [4.78, 5) is 24.2. The number of alkyl halides is 6. The van der Waals surface area contributed by atoms with Crippen LogP contribution in [-0.2, 0) is 0 Å². The predicted octanol–water partition coefficient (Wildman–Crippen LogP) is 4.95. The van der Waals surface area contributed by atoms with Crippen LogP contribution in [0, 0.1) is 17.5 Å². The van der Waals surface area contributed by atoms with Crippen LogP contribution >= 0.6 is 0 Å². The lowest BCUT2D eigenvalue weighted by Crippen LogP contribution is -2.35. The van der Waals surface area contributed by atoms with Crippen LogP contribution in [0.1, 0.15) is 10.4 Å². The van der Waals surface area contributed by atoms with E-state index < -0.39 is 77.7 Å². The van der Waals surface area contributed by atoms with Crippen LogP contribution in [0.5, 0.6) is 11.5 Å². The summed E-state index contributed by atoms with van der Waals surface area (Å²) in [6, 6.07) is 0.837. The van der Waals surface area contributed by atoms with Gasteiger partial charge in [-0.3, -0.25) is 10.1 Å². The number of hydrogen-bond acceptors (Lipinski definition) is 4. The van der Waals surface area contributed by atoms with Crippen molar-refractivity contribution in [3.63, 3.8) is 0 Å². The van der Waals surface area contributed by atoms with Crippen molar-refractivity contribution in [2.24, 2.45) is 0 Å². The summed E-state index contributed by atoms with van der Waals surface area (Å²) >= 11 is 0. The highest BCUT2D eigenvalue weighted by atomic mass is 19.4. The van der Waals surface area contributed by atoms with Gasteiger partial charge in [-0.25, -0.2) is 18.0 Å². The van der Waals surface area contributed by atoms with E-state index in [1.54, 1.807) is 5.32 Å². The number of amides is 3. The minimum Gasteiger partial charge on any atom is -0.484 e. The van der Waals surface area contributed by atoms with E-state index in [0.29, 0.717) is 12.1 Å². The Balaban J connectivity index is 2.24. The Hall–Kier alpha value is -3.65. The monoisotopic (exact) mass is 490 g/mol. The molecule has 15 heteroatoms. The van der Waals surface area contributed by atoms with Crippen LogP contribution in [0.4, 0.5) is 50.0 Å². The second-order valence-corrected chi connectivity index (χ2v) is 6.12. The molecule has 0 aliphatic heterocycles. The predicted molar refractivity (Wildman–Crippen MR) is 92.3 cm³/mol. The molecule has 180 valence electrons. The van der Waals surface area contributed by atoms with Gasteiger partial charge in [-0.15, -0.1) is 0 Å². The van der Waals surface area contributed by atoms with Crippen LogP contribution in [0.25, 0.3) is 0 Å². The highest BCUT2D eigenvalue weighted by Crippen LogP contribution is 2.28. The maximum absolute atomic E-state index is 13.6. The minimum absolute atomic E-state index is 0.213. The van der Waals surface area contributed by atoms with Crippen LogP contribution < -0.4 is 20.1 Å². The fraction of sp³-hybridized carbons (Fsp3) is 0.222. The van der Waals surface area contributed by atoms with Crippen molar-refractivity contribution >= 4 is 17.6 Å². The number of carbonyl (C=O) groups is 2. The van der Waals surface area contributed by atoms with Gasteiger partial charge in [-0.2, -0.15) is 26.3 Å². The first-order valence-corrected chi connectivity index (χ1v) is 8.44. The van der Waals surface area contributed by atoms with Gasteiger partial charge in [0.2, 0.25) is 0 Å². The van der Waals surface area contributed by atoms with Gasteiger partial charge in [-0.05, 0) is 18.2 Å². The first-order valence-electron chi connectivity index (χ1n) is 8.44. The average molecular weight is 490 g/mol. The summed E-state index contributed by atoms with van der Waals surface area (Å²) in [7, 11) is 0. The molecule has 0 saturated heterocycles. The largest absolute Gasteiger partial charge is 0.484 e. The molecule has 0 spiro atoms. The number of urea groups is 1. The molecule has 0 aromatic heterocycles. The molecular formula is C18H11F9N2O4. The van der Waals surface area contributed by atoms with Crippen molar-refractivity contribution in [3.8, 4) is 11.5 Å². The number of halogens is 9. The van der Waals surface area contributed by atoms with Crippen molar-refractivity contribution in [2.75, 3.05) is 18.5 Å². The number of imide groups is 1. The molecule has 2 N–H and O–H groups in total. The third-order valence-corrected chi connectivity index (χ3v) is 3.46. The number of ether oxygens (including phenoxy) is 2. The zero-order valence-electron chi connectivity index (χ0n) is 15.8. The standard InChI is InChI=1S/C18H11F9N2O4/c19-8-3-11(20)14(12(21)4-8)28-16(31)29-15(30)10-5-9(32-6-17(22,23)24)1-2-13(10)33-7-18(25,26)27/h1-5H,6-7H2,(H2,28,29,30,31). The number of carbonyl (C=O) groups excluding carboxylic acids is 2. The highest BCUT2D eigenvalue weighted by molar-refractivity contribution is 6.09. The van der Waals surface area contributed by atoms with Gasteiger partial charge in [0.05, 0.1) is 5.56 Å². The molecule has 2 aromatic rings. The minimum atomic E-state index is -4.85. The fourth-order valence-electron chi connectivity index (χ4n) is 2.20. The summed E-state index contributed by atoms with van der Waals surface area (Å²) < 4.78 is 123. The Morgan fingerprint density at radius 3 is 1.91 bits per heavy atom. The Bertz CT molecular complexity index is 1020. The van der Waals surface area contributed by atoms with Gasteiger partial charge in [0, 0.05) is 12.1 Å². The smallest absolute Gasteiger partial charge is 0.422 e. The second kappa shape index (κ2) is 9.87. The molecule has 0 unspecified atom stereocenters. The molecule has 6 nitrogen and oxygen atoms in total. The van der Waals surface area contributed by atoms with E-state index in [0.717, 1.165) is 6.07 Å². The van der Waals surface area contributed by atoms with Gasteiger partial charge in [-0.1, -0.05) is 0 Å². The quantitative estimate of drug-likeness (QED) is 0.563. The van der Waals surface area contributed by atoms with Crippen LogP contribution in [-0.4, -0.2) is 37.5 Å². The number of benzene rings is 2. The van der Waals surface area contributed by atoms with Crippen molar-refractivity contribution in [2.45, 2.75) is 12.4 Å². The lowest BCUT2D eigenvalue weighted by Gasteiger charge is -2.15. The molecule has 0 saturated carbocycles. The molecule has 2 aromatic carbocycles. The molecule has 0 atom stereocenters. The van der Waals surface area contributed by atoms with Crippen LogP contribution in [0.2, 0.25) is 0 Å². The Labute approximate surface area is 178 Å². The molecule has 3 amide bonds. The van der Waals surface area contributed by atoms with Gasteiger partial charge in [0.15, 0.2) is 24.8 Å². The van der Waals surface area contributed by atoms with Crippen LogP contribution in [0.15, 0.2) is 30.3 Å². The van der Waals surface area contributed by atoms with Crippen molar-refractivity contribution in [1.29, 1.82) is 0 Å². The lowest BCUT2D eigenvalue weighted by atomic mass is 10.1. The first-order chi connectivity index (χ1) is 15.1. The van der Waals surface area contributed by atoms with Crippen molar-refractivity contribution in [1.82, 2.24) is 5.32 Å². The summed E-state index contributed by atoms with van der Waals surface area (Å²) in [6.45, 7) is -3.70. The molecule has 0 fully saturated rings. The summed E-state index contributed by atoms with van der Waals surface area (Å²) in [5.41, 5.74) is -2.02. The third-order valence-electron chi connectivity index (χ3n) is 3.46. The Morgan fingerprint density at radius 2 is 1.36 bits per heavy atom. The lowest BCUT2D eigenvalue weighted by molar-refractivity contribution is -0.154. The number of nitrogens with one attached hydrogen (secondary N) is 2. The van der Waals surface area contributed by atoms with Gasteiger partial charge in [0.1, 0.15) is 23.0 Å². The first kappa shape index (κ1) is 25.6. The zero-order valence-corrected chi connectivity index (χ0v) is 15.8. The molecule has 0 radical (unpaired) electrons. The van der Waals surface area contributed by atoms with E-state index in [1.165, 1.54) is 5.32 Å². The average Bonchev–Trinajstić information content (AvgIpc) is 2.66. The van der Waals surface area contributed by atoms with E-state index in [-0.39, 0.29) is 12.1 Å². The van der Waals surface area contributed by atoms with Crippen molar-refractivity contribution < 1.29 is 58.6 Å². The van der Waals surface area contributed by atoms with E-state index in [1.807, 2.05) is 0 Å². The van der Waals surface area contributed by atoms with E-state index in [2.05, 4.69) is 9.47 Å². The maximum atomic E-state index is 13.6. The molecule has 0 aliphatic carbocycles. The van der Waals surface area contributed by atoms with E-state index in [9.17, 15) is 49.1 Å². The zero-order chi connectivity index (χ0) is 25.0. The third kappa shape index (κ3) is 8.08. The number of rotatable bonds is 6. The Morgan fingerprint density at radius 1 is 0.818 bits per heavy atom. The molecule has 2 rings (SSSR count). The number of hydrogen-bond donors (Lipinski definition) is 2. The maximum Gasteiger partial charge on any atom is 0.422 e. The van der Waals surface area contributed by atoms with Crippen molar-refractivity contribution in [3.05, 3.63) is 53.3 Å². The number of anilines is 1. The van der Waals surface area contributed by atoms with Crippen LogP contribution in [0.3, 0.4) is 0 Å². The van der Waals surface area contributed by atoms with Gasteiger partial charge in [0.25, 0.3) is 5.91 Å². The van der Waals surface area contributed by atoms with E-state index in [4.69, 9.17) is 0 Å².